The number of carbonyl (C=O) groups excluding carboxylic acids is 4. The Hall–Kier alpha value is -3.22. The van der Waals surface area contributed by atoms with Crippen LogP contribution in [0.15, 0.2) is 0 Å². The monoisotopic (exact) mass is 431 g/mol. The summed E-state index contributed by atoms with van der Waals surface area (Å²) in [5, 5.41) is 26.8. The maximum Gasteiger partial charge on any atom is 0.325 e. The summed E-state index contributed by atoms with van der Waals surface area (Å²) in [7, 11) is 0. The fourth-order valence-corrected chi connectivity index (χ4v) is 2.02. The number of rotatable bonds is 12. The van der Waals surface area contributed by atoms with Gasteiger partial charge in [0.25, 0.3) is 0 Å². The normalized spacial score (nSPS) is 15.5. The van der Waals surface area contributed by atoms with Gasteiger partial charge in [0, 0.05) is 6.42 Å². The van der Waals surface area contributed by atoms with Crippen LogP contribution in [0, 0.1) is 0 Å². The Bertz CT molecular complexity index is 681. The molecule has 170 valence electrons. The number of carboxylic acids is 2. The lowest BCUT2D eigenvalue weighted by Gasteiger charge is -2.23. The summed E-state index contributed by atoms with van der Waals surface area (Å²) in [5.41, 5.74) is 5.40. The Morgan fingerprint density at radius 3 is 1.57 bits per heavy atom. The molecule has 0 rings (SSSR count). The van der Waals surface area contributed by atoms with Crippen molar-refractivity contribution in [2.75, 3.05) is 0 Å². The first-order chi connectivity index (χ1) is 13.8. The van der Waals surface area contributed by atoms with Crippen LogP contribution in [0.4, 0.5) is 0 Å². The highest BCUT2D eigenvalue weighted by molar-refractivity contribution is 5.95. The summed E-state index contributed by atoms with van der Waals surface area (Å²) >= 11 is 0. The van der Waals surface area contributed by atoms with E-state index in [0.717, 1.165) is 0 Å². The molecule has 0 fully saturated rings. The van der Waals surface area contributed by atoms with E-state index < -0.39 is 72.2 Å². The molecule has 5 atom stereocenters. The molecule has 8 N–H and O–H groups in total. The molecule has 0 aromatic rings. The number of nitrogens with one attached hydrogen (secondary N) is 4. The molecule has 0 aliphatic heterocycles. The van der Waals surface area contributed by atoms with E-state index in [4.69, 9.17) is 15.9 Å². The van der Waals surface area contributed by atoms with Crippen LogP contribution in [0.2, 0.25) is 0 Å². The molecule has 0 saturated carbocycles. The number of hydrogen-bond donors (Lipinski definition) is 7. The zero-order chi connectivity index (χ0) is 23.6. The van der Waals surface area contributed by atoms with Gasteiger partial charge in [-0.25, -0.2) is 0 Å². The lowest BCUT2D eigenvalue weighted by molar-refractivity contribution is -0.141. The maximum atomic E-state index is 12.5. The van der Waals surface area contributed by atoms with Crippen molar-refractivity contribution in [3.8, 4) is 0 Å². The first-order valence-electron chi connectivity index (χ1n) is 9.17. The molecule has 0 aliphatic rings. The van der Waals surface area contributed by atoms with E-state index in [9.17, 15) is 28.8 Å². The predicted octanol–water partition coefficient (Wildman–Crippen LogP) is -2.72. The van der Waals surface area contributed by atoms with Gasteiger partial charge in [-0.3, -0.25) is 28.8 Å². The van der Waals surface area contributed by atoms with Crippen LogP contribution in [0.25, 0.3) is 0 Å². The van der Waals surface area contributed by atoms with E-state index in [1.807, 2.05) is 0 Å². The first kappa shape index (κ1) is 26.8. The van der Waals surface area contributed by atoms with Crippen molar-refractivity contribution < 1.29 is 39.0 Å². The molecule has 0 spiro atoms. The van der Waals surface area contributed by atoms with Gasteiger partial charge in [-0.05, 0) is 34.1 Å². The summed E-state index contributed by atoms with van der Waals surface area (Å²) in [6, 6.07) is -5.57. The molecule has 0 saturated heterocycles. The van der Waals surface area contributed by atoms with Gasteiger partial charge < -0.3 is 37.2 Å². The van der Waals surface area contributed by atoms with Crippen molar-refractivity contribution in [3.63, 3.8) is 0 Å². The standard InChI is InChI=1S/C17H29N5O8/c1-7(18)13(25)19-9(3)15(27)22-11(5-6-12(23)24)16(28)20-8(2)14(26)21-10(4)17(29)30/h7-11H,5-6,18H2,1-4H3,(H,19,25)(H,20,28)(H,21,26)(H,22,27)(H,23,24)(H,29,30)/t7-,8-,9-,10-,11-/m0/s1. The molecule has 13 heteroatoms. The van der Waals surface area contributed by atoms with Crippen LogP contribution < -0.4 is 27.0 Å². The third-order valence-electron chi connectivity index (χ3n) is 3.93. The van der Waals surface area contributed by atoms with Crippen molar-refractivity contribution in [1.29, 1.82) is 0 Å². The SMILES string of the molecule is C[C@H](N)C(=O)N[C@@H](C)C(=O)N[C@@H](CCC(=O)O)C(=O)N[C@@H](C)C(=O)N[C@@H](C)C(=O)O. The second-order valence-electron chi connectivity index (χ2n) is 6.81. The van der Waals surface area contributed by atoms with E-state index in [1.54, 1.807) is 0 Å². The summed E-state index contributed by atoms with van der Waals surface area (Å²) in [6.07, 6.45) is -0.726. The van der Waals surface area contributed by atoms with Crippen molar-refractivity contribution in [2.24, 2.45) is 5.73 Å². The second kappa shape index (κ2) is 12.4. The van der Waals surface area contributed by atoms with E-state index >= 15 is 0 Å². The molecule has 30 heavy (non-hydrogen) atoms. The van der Waals surface area contributed by atoms with Gasteiger partial charge in [0.2, 0.25) is 23.6 Å². The van der Waals surface area contributed by atoms with Crippen molar-refractivity contribution in [3.05, 3.63) is 0 Å². The van der Waals surface area contributed by atoms with Gasteiger partial charge in [0.05, 0.1) is 6.04 Å². The number of nitrogens with two attached hydrogens (primary N) is 1. The highest BCUT2D eigenvalue weighted by atomic mass is 16.4. The predicted molar refractivity (Wildman–Crippen MR) is 103 cm³/mol. The van der Waals surface area contributed by atoms with Crippen LogP contribution in [0.1, 0.15) is 40.5 Å². The molecular weight excluding hydrogens is 402 g/mol. The molecule has 4 amide bonds. The van der Waals surface area contributed by atoms with Gasteiger partial charge in [-0.2, -0.15) is 0 Å². The Morgan fingerprint density at radius 1 is 0.700 bits per heavy atom. The number of amides is 4. The third kappa shape index (κ3) is 9.82. The van der Waals surface area contributed by atoms with Crippen LogP contribution in [0.3, 0.4) is 0 Å². The highest BCUT2D eigenvalue weighted by Gasteiger charge is 2.28. The molecule has 0 radical (unpaired) electrons. The average molecular weight is 431 g/mol. The van der Waals surface area contributed by atoms with E-state index in [2.05, 4.69) is 21.3 Å². The van der Waals surface area contributed by atoms with Crippen LogP contribution in [-0.2, 0) is 28.8 Å². The van der Waals surface area contributed by atoms with E-state index in [1.165, 1.54) is 27.7 Å². The Labute approximate surface area is 173 Å². The average Bonchev–Trinajstić information content (AvgIpc) is 2.63. The summed E-state index contributed by atoms with van der Waals surface area (Å²) in [5.74, 6) is -5.45. The minimum absolute atomic E-state index is 0.277. The van der Waals surface area contributed by atoms with Crippen LogP contribution in [0.5, 0.6) is 0 Å². The summed E-state index contributed by atoms with van der Waals surface area (Å²) in [6.45, 7) is 5.30. The molecule has 0 bridgehead atoms. The fourth-order valence-electron chi connectivity index (χ4n) is 2.02. The molecule has 0 aromatic heterocycles. The number of carbonyl (C=O) groups is 6. The van der Waals surface area contributed by atoms with Gasteiger partial charge in [0.15, 0.2) is 0 Å². The Morgan fingerprint density at radius 2 is 1.13 bits per heavy atom. The number of aliphatic carboxylic acids is 2. The Kier molecular flexibility index (Phi) is 11.0. The van der Waals surface area contributed by atoms with Gasteiger partial charge >= 0.3 is 11.9 Å². The fraction of sp³-hybridized carbons (Fsp3) is 0.647. The molecule has 0 aromatic carbocycles. The Balaban J connectivity index is 5.09. The van der Waals surface area contributed by atoms with E-state index in [-0.39, 0.29) is 6.42 Å². The molecule has 0 heterocycles. The molecule has 13 nitrogen and oxygen atoms in total. The zero-order valence-electron chi connectivity index (χ0n) is 17.2. The highest BCUT2D eigenvalue weighted by Crippen LogP contribution is 2.01. The van der Waals surface area contributed by atoms with Gasteiger partial charge in [0.1, 0.15) is 24.2 Å². The summed E-state index contributed by atoms with van der Waals surface area (Å²) in [4.78, 5) is 69.9. The van der Waals surface area contributed by atoms with E-state index in [0.29, 0.717) is 0 Å². The van der Waals surface area contributed by atoms with Crippen molar-refractivity contribution in [2.45, 2.75) is 70.7 Å². The number of carboxylic acid groups (broad SMARTS) is 2. The lowest BCUT2D eigenvalue weighted by atomic mass is 10.1. The largest absolute Gasteiger partial charge is 0.481 e. The topological polar surface area (TPSA) is 217 Å². The third-order valence-corrected chi connectivity index (χ3v) is 3.93. The molecular formula is C17H29N5O8. The molecule has 0 unspecified atom stereocenters. The molecule has 0 aliphatic carbocycles. The zero-order valence-corrected chi connectivity index (χ0v) is 17.2. The lowest BCUT2D eigenvalue weighted by Crippen LogP contribution is -2.57. The maximum absolute atomic E-state index is 12.5. The van der Waals surface area contributed by atoms with Gasteiger partial charge in [-0.15, -0.1) is 0 Å². The minimum Gasteiger partial charge on any atom is -0.481 e. The number of hydrogen-bond acceptors (Lipinski definition) is 7. The van der Waals surface area contributed by atoms with Crippen molar-refractivity contribution >= 4 is 35.6 Å². The van der Waals surface area contributed by atoms with Crippen LogP contribution >= 0.6 is 0 Å². The minimum atomic E-state index is -1.31. The second-order valence-corrected chi connectivity index (χ2v) is 6.81. The van der Waals surface area contributed by atoms with Crippen LogP contribution in [-0.4, -0.2) is 76.0 Å². The van der Waals surface area contributed by atoms with Gasteiger partial charge in [-0.1, -0.05) is 0 Å². The first-order valence-corrected chi connectivity index (χ1v) is 9.17. The summed E-state index contributed by atoms with van der Waals surface area (Å²) < 4.78 is 0. The van der Waals surface area contributed by atoms with Crippen molar-refractivity contribution in [1.82, 2.24) is 21.3 Å². The smallest absolute Gasteiger partial charge is 0.325 e. The quantitative estimate of drug-likeness (QED) is 0.170.